The molecule has 3 aliphatic rings. The third-order valence-electron chi connectivity index (χ3n) is 7.09. The normalized spacial score (nSPS) is 22.4. The molecule has 9 heteroatoms. The summed E-state index contributed by atoms with van der Waals surface area (Å²) in [5.41, 5.74) is 2.35. The molecule has 1 aliphatic carbocycles. The molecule has 0 saturated heterocycles. The molecule has 3 atom stereocenters. The van der Waals surface area contributed by atoms with E-state index in [0.29, 0.717) is 34.6 Å². The van der Waals surface area contributed by atoms with Gasteiger partial charge < -0.3 is 25.4 Å². The van der Waals surface area contributed by atoms with Crippen molar-refractivity contribution in [3.63, 3.8) is 0 Å². The van der Waals surface area contributed by atoms with Crippen LogP contribution in [0.4, 0.5) is 5.69 Å². The third-order valence-corrected chi connectivity index (χ3v) is 7.09. The van der Waals surface area contributed by atoms with Crippen LogP contribution in [0.2, 0.25) is 0 Å². The zero-order chi connectivity index (χ0) is 25.9. The summed E-state index contributed by atoms with van der Waals surface area (Å²) in [7, 11) is 1.52. The van der Waals surface area contributed by atoms with Crippen molar-refractivity contribution < 1.29 is 19.4 Å². The van der Waals surface area contributed by atoms with Gasteiger partial charge in [0, 0.05) is 29.6 Å². The van der Waals surface area contributed by atoms with E-state index in [1.165, 1.54) is 7.11 Å². The van der Waals surface area contributed by atoms with E-state index in [4.69, 9.17) is 9.73 Å². The highest BCUT2D eigenvalue weighted by Crippen LogP contribution is 2.33. The van der Waals surface area contributed by atoms with Crippen molar-refractivity contribution in [3.8, 4) is 5.75 Å². The summed E-state index contributed by atoms with van der Waals surface area (Å²) in [6.45, 7) is 1.96. The number of aliphatic hydroxyl groups is 1. The number of allylic oxidation sites excluding steroid dienone is 1. The number of carbonyl (C=O) groups is 2. The molecule has 5 rings (SSSR count). The van der Waals surface area contributed by atoms with E-state index in [-0.39, 0.29) is 23.9 Å². The summed E-state index contributed by atoms with van der Waals surface area (Å²) in [4.78, 5) is 36.7. The molecule has 3 N–H and O–H groups in total. The number of ketones is 1. The molecule has 0 spiro atoms. The number of nitrogens with one attached hydrogen (secondary N) is 2. The first-order valence-electron chi connectivity index (χ1n) is 12.6. The van der Waals surface area contributed by atoms with Gasteiger partial charge in [0.15, 0.2) is 11.9 Å². The number of Topliss-reactive ketones (excluding diaryl/α,β-unsaturated/α-hetero) is 1. The van der Waals surface area contributed by atoms with E-state index >= 15 is 0 Å². The minimum Gasteiger partial charge on any atom is -0.495 e. The minimum absolute atomic E-state index is 0.146. The van der Waals surface area contributed by atoms with Gasteiger partial charge in [-0.3, -0.25) is 9.59 Å². The Hall–Kier alpha value is -3.98. The third kappa shape index (κ3) is 5.13. The summed E-state index contributed by atoms with van der Waals surface area (Å²) < 4.78 is 5.56. The van der Waals surface area contributed by atoms with E-state index in [9.17, 15) is 14.7 Å². The lowest BCUT2D eigenvalue weighted by Crippen LogP contribution is -2.53. The number of fused-ring (bicyclic) bond motifs is 1. The zero-order valence-corrected chi connectivity index (χ0v) is 20.9. The average molecular weight is 502 g/mol. The first-order chi connectivity index (χ1) is 17.9. The van der Waals surface area contributed by atoms with Crippen LogP contribution in [0.3, 0.4) is 0 Å². The molecule has 37 heavy (non-hydrogen) atoms. The van der Waals surface area contributed by atoms with Gasteiger partial charge in [-0.2, -0.15) is 0 Å². The van der Waals surface area contributed by atoms with Crippen molar-refractivity contribution in [1.29, 1.82) is 0 Å². The quantitative estimate of drug-likeness (QED) is 0.523. The molecular weight excluding hydrogens is 470 g/mol. The predicted molar refractivity (Wildman–Crippen MR) is 142 cm³/mol. The fourth-order valence-electron chi connectivity index (χ4n) is 5.26. The number of ether oxygens (including phenoxy) is 1. The maximum atomic E-state index is 12.7. The Balaban J connectivity index is 1.39. The van der Waals surface area contributed by atoms with Crippen LogP contribution in [-0.4, -0.2) is 59.2 Å². The number of aliphatic hydroxyl groups excluding tert-OH is 1. The summed E-state index contributed by atoms with van der Waals surface area (Å²) in [5, 5.41) is 16.9. The standard InChI is InChI=1S/C28H31N5O4/c1-17-14-24(34)30-22-16-29-28(32-27(22)33(17)20-10-6-7-11-20)31-21-13-12-19(15-23(21)37-2)26(36)25(35)18-8-4-3-5-9-18/h3-5,8-9,12-16,20,22,26-27,36H,6-7,10-11H2,1-2H3,(H,30,34)(H,31,32). The van der Waals surface area contributed by atoms with E-state index < -0.39 is 6.10 Å². The van der Waals surface area contributed by atoms with Crippen molar-refractivity contribution in [2.45, 2.75) is 57.0 Å². The average Bonchev–Trinajstić information content (AvgIpc) is 3.40. The SMILES string of the molecule is COc1cc(C(O)C(=O)c2ccccc2)ccc1NC1=NC2C(C=N1)NC(=O)C=C(C)N2C1CCCC1. The number of hydrogen-bond acceptors (Lipinski definition) is 8. The Bertz CT molecular complexity index is 1270. The van der Waals surface area contributed by atoms with Crippen molar-refractivity contribution in [1.82, 2.24) is 10.2 Å². The van der Waals surface area contributed by atoms with Crippen molar-refractivity contribution in [3.05, 3.63) is 71.4 Å². The summed E-state index contributed by atoms with van der Waals surface area (Å²) in [5.74, 6) is 0.295. The van der Waals surface area contributed by atoms with Gasteiger partial charge in [0.1, 0.15) is 17.9 Å². The Morgan fingerprint density at radius 3 is 2.68 bits per heavy atom. The molecule has 3 unspecified atom stereocenters. The van der Waals surface area contributed by atoms with Gasteiger partial charge in [0.05, 0.1) is 12.8 Å². The van der Waals surface area contributed by atoms with Gasteiger partial charge in [0.2, 0.25) is 11.9 Å². The fourth-order valence-corrected chi connectivity index (χ4v) is 5.26. The van der Waals surface area contributed by atoms with E-state index in [1.807, 2.05) is 13.0 Å². The Kier molecular flexibility index (Phi) is 7.05. The van der Waals surface area contributed by atoms with Gasteiger partial charge in [-0.25, -0.2) is 9.98 Å². The second-order valence-electron chi connectivity index (χ2n) is 9.53. The number of benzene rings is 2. The van der Waals surface area contributed by atoms with Crippen LogP contribution >= 0.6 is 0 Å². The molecule has 1 saturated carbocycles. The molecule has 9 nitrogen and oxygen atoms in total. The second kappa shape index (κ2) is 10.6. The maximum Gasteiger partial charge on any atom is 0.246 e. The Morgan fingerprint density at radius 1 is 1.19 bits per heavy atom. The molecular formula is C28H31N5O4. The number of guanidine groups is 1. The number of rotatable bonds is 6. The largest absolute Gasteiger partial charge is 0.495 e. The smallest absolute Gasteiger partial charge is 0.246 e. The molecule has 0 aromatic heterocycles. The topological polar surface area (TPSA) is 116 Å². The highest BCUT2D eigenvalue weighted by atomic mass is 16.5. The monoisotopic (exact) mass is 501 g/mol. The summed E-state index contributed by atoms with van der Waals surface area (Å²) >= 11 is 0. The summed E-state index contributed by atoms with van der Waals surface area (Å²) in [6, 6.07) is 13.7. The number of methoxy groups -OCH3 is 1. The molecule has 0 bridgehead atoms. The van der Waals surface area contributed by atoms with Gasteiger partial charge in [-0.05, 0) is 37.5 Å². The van der Waals surface area contributed by atoms with Crippen molar-refractivity contribution in [2.24, 2.45) is 9.98 Å². The van der Waals surface area contributed by atoms with Gasteiger partial charge in [-0.1, -0.05) is 49.2 Å². The first kappa shape index (κ1) is 24.7. The molecule has 2 aliphatic heterocycles. The molecule has 1 amide bonds. The maximum absolute atomic E-state index is 12.7. The zero-order valence-electron chi connectivity index (χ0n) is 20.9. The number of carbonyl (C=O) groups excluding carboxylic acids is 2. The van der Waals surface area contributed by atoms with Gasteiger partial charge >= 0.3 is 0 Å². The van der Waals surface area contributed by atoms with Crippen LogP contribution in [0, 0.1) is 0 Å². The fraction of sp³-hybridized carbons (Fsp3) is 0.357. The Morgan fingerprint density at radius 2 is 1.95 bits per heavy atom. The lowest BCUT2D eigenvalue weighted by Gasteiger charge is -2.39. The van der Waals surface area contributed by atoms with Crippen LogP contribution in [-0.2, 0) is 4.79 Å². The highest BCUT2D eigenvalue weighted by molar-refractivity contribution is 6.03. The number of hydrogen-bond donors (Lipinski definition) is 3. The Labute approximate surface area is 216 Å². The van der Waals surface area contributed by atoms with E-state index in [2.05, 4.69) is 20.5 Å². The van der Waals surface area contributed by atoms with E-state index in [1.54, 1.807) is 54.8 Å². The predicted octanol–water partition coefficient (Wildman–Crippen LogP) is 3.44. The number of nitrogens with zero attached hydrogens (tertiary/aromatic N) is 3. The minimum atomic E-state index is -1.32. The van der Waals surface area contributed by atoms with Crippen molar-refractivity contribution >= 4 is 29.6 Å². The summed E-state index contributed by atoms with van der Waals surface area (Å²) in [6.07, 6.45) is 6.18. The molecule has 2 aromatic rings. The molecule has 2 aromatic carbocycles. The second-order valence-corrected chi connectivity index (χ2v) is 9.53. The van der Waals surface area contributed by atoms with Crippen LogP contribution in [0.1, 0.15) is 54.6 Å². The van der Waals surface area contributed by atoms with Crippen LogP contribution < -0.4 is 15.4 Å². The van der Waals surface area contributed by atoms with Gasteiger partial charge in [0.25, 0.3) is 0 Å². The number of amides is 1. The highest BCUT2D eigenvalue weighted by Gasteiger charge is 2.37. The molecule has 1 fully saturated rings. The lowest BCUT2D eigenvalue weighted by atomic mass is 9.99. The molecule has 2 heterocycles. The molecule has 192 valence electrons. The van der Waals surface area contributed by atoms with Crippen LogP contribution in [0.15, 0.2) is 70.3 Å². The van der Waals surface area contributed by atoms with Crippen LogP contribution in [0.25, 0.3) is 0 Å². The van der Waals surface area contributed by atoms with E-state index in [0.717, 1.165) is 31.4 Å². The lowest BCUT2D eigenvalue weighted by molar-refractivity contribution is -0.116. The molecule has 0 radical (unpaired) electrons. The first-order valence-corrected chi connectivity index (χ1v) is 12.6. The number of aliphatic imine (C=N–C) groups is 2. The van der Waals surface area contributed by atoms with Crippen LogP contribution in [0.5, 0.6) is 5.75 Å². The van der Waals surface area contributed by atoms with Crippen molar-refractivity contribution in [2.75, 3.05) is 12.4 Å². The number of anilines is 1. The van der Waals surface area contributed by atoms with Gasteiger partial charge in [-0.15, -0.1) is 0 Å².